The van der Waals surface area contributed by atoms with Crippen LogP contribution in [0.25, 0.3) is 99.2 Å². The molecule has 238 valence electrons. The van der Waals surface area contributed by atoms with Crippen LogP contribution in [0.15, 0.2) is 186 Å². The van der Waals surface area contributed by atoms with Crippen molar-refractivity contribution < 1.29 is 4.42 Å². The molecule has 11 aromatic rings. The fourth-order valence-corrected chi connectivity index (χ4v) is 8.26. The van der Waals surface area contributed by atoms with E-state index in [1.54, 1.807) is 0 Å². The van der Waals surface area contributed by atoms with Crippen LogP contribution in [0, 0.1) is 0 Å². The Bertz CT molecular complexity index is 3070. The maximum absolute atomic E-state index is 6.30. The molecule has 3 nitrogen and oxygen atoms in total. The van der Waals surface area contributed by atoms with Crippen LogP contribution in [0.5, 0.6) is 0 Å². The highest BCUT2D eigenvalue weighted by Crippen LogP contribution is 2.42. The second-order valence-electron chi connectivity index (χ2n) is 13.3. The van der Waals surface area contributed by atoms with Gasteiger partial charge in [-0.2, -0.15) is 0 Å². The molecular weight excluding hydrogens is 621 g/mol. The second kappa shape index (κ2) is 10.8. The van der Waals surface area contributed by atoms with Crippen LogP contribution in [0.4, 0.5) is 0 Å². The van der Waals surface area contributed by atoms with E-state index in [4.69, 9.17) is 4.42 Å². The van der Waals surface area contributed by atoms with Gasteiger partial charge in [0.25, 0.3) is 0 Å². The summed E-state index contributed by atoms with van der Waals surface area (Å²) in [5.41, 5.74) is 13.6. The minimum absolute atomic E-state index is 0.916. The lowest BCUT2D eigenvalue weighted by molar-refractivity contribution is 0.669. The molecule has 0 aliphatic rings. The highest BCUT2D eigenvalue weighted by molar-refractivity contribution is 6.27. The average Bonchev–Trinajstić information content (AvgIpc) is 3.86. The zero-order valence-electron chi connectivity index (χ0n) is 27.6. The number of aromatic nitrogens is 2. The first-order chi connectivity index (χ1) is 25.3. The van der Waals surface area contributed by atoms with Gasteiger partial charge in [-0.25, -0.2) is 0 Å². The molecule has 0 saturated carbocycles. The highest BCUT2D eigenvalue weighted by atomic mass is 16.3. The van der Waals surface area contributed by atoms with Gasteiger partial charge in [0.05, 0.1) is 22.1 Å². The lowest BCUT2D eigenvalue weighted by Crippen LogP contribution is -1.96. The Hall–Kier alpha value is -6.84. The molecule has 3 heteroatoms. The summed E-state index contributed by atoms with van der Waals surface area (Å²) in [6.07, 6.45) is 0. The molecule has 0 saturated heterocycles. The van der Waals surface area contributed by atoms with E-state index in [1.165, 1.54) is 71.3 Å². The number of hydrogen-bond donors (Lipinski definition) is 0. The molecule has 0 unspecified atom stereocenters. The normalized spacial score (nSPS) is 11.9. The molecule has 0 spiro atoms. The number of furan rings is 1. The Labute approximate surface area is 293 Å². The van der Waals surface area contributed by atoms with E-state index in [2.05, 4.69) is 185 Å². The quantitative estimate of drug-likeness (QED) is 0.186. The summed E-state index contributed by atoms with van der Waals surface area (Å²) in [6.45, 7) is 0. The van der Waals surface area contributed by atoms with Gasteiger partial charge in [0.1, 0.15) is 11.2 Å². The zero-order chi connectivity index (χ0) is 33.5. The number of fused-ring (bicyclic) bond motifs is 10. The zero-order valence-corrected chi connectivity index (χ0v) is 27.6. The van der Waals surface area contributed by atoms with Crippen LogP contribution in [0.1, 0.15) is 0 Å². The number of rotatable bonds is 4. The van der Waals surface area contributed by atoms with E-state index in [-0.39, 0.29) is 0 Å². The first-order valence-electron chi connectivity index (χ1n) is 17.4. The average molecular weight is 651 g/mol. The smallest absolute Gasteiger partial charge is 0.136 e. The molecule has 0 bridgehead atoms. The summed E-state index contributed by atoms with van der Waals surface area (Å²) >= 11 is 0. The predicted octanol–water partition coefficient (Wildman–Crippen LogP) is 13.1. The van der Waals surface area contributed by atoms with Crippen LogP contribution in [0.2, 0.25) is 0 Å². The summed E-state index contributed by atoms with van der Waals surface area (Å²) in [7, 11) is 0. The van der Waals surface area contributed by atoms with Gasteiger partial charge in [0.15, 0.2) is 0 Å². The van der Waals surface area contributed by atoms with E-state index in [0.717, 1.165) is 27.9 Å². The third-order valence-corrected chi connectivity index (χ3v) is 10.5. The summed E-state index contributed by atoms with van der Waals surface area (Å²) in [5, 5.41) is 7.29. The van der Waals surface area contributed by atoms with Gasteiger partial charge >= 0.3 is 0 Å². The maximum atomic E-state index is 6.30. The lowest BCUT2D eigenvalue weighted by atomic mass is 9.97. The summed E-state index contributed by atoms with van der Waals surface area (Å²) in [5.74, 6) is 0. The van der Waals surface area contributed by atoms with Crippen molar-refractivity contribution in [3.05, 3.63) is 182 Å². The molecule has 0 radical (unpaired) electrons. The van der Waals surface area contributed by atoms with Crippen molar-refractivity contribution in [1.82, 2.24) is 9.13 Å². The molecule has 0 N–H and O–H groups in total. The highest BCUT2D eigenvalue weighted by Gasteiger charge is 2.19. The van der Waals surface area contributed by atoms with Crippen molar-refractivity contribution in [2.75, 3.05) is 0 Å². The fraction of sp³-hybridized carbons (Fsp3) is 0. The van der Waals surface area contributed by atoms with Crippen molar-refractivity contribution in [3.63, 3.8) is 0 Å². The van der Waals surface area contributed by atoms with E-state index < -0.39 is 0 Å². The number of benzene rings is 8. The van der Waals surface area contributed by atoms with Gasteiger partial charge in [-0.3, -0.25) is 0 Å². The Morgan fingerprint density at radius 2 is 0.824 bits per heavy atom. The Balaban J connectivity index is 1.11. The Morgan fingerprint density at radius 1 is 0.294 bits per heavy atom. The third kappa shape index (κ3) is 4.19. The largest absolute Gasteiger partial charge is 0.456 e. The van der Waals surface area contributed by atoms with Gasteiger partial charge in [-0.1, -0.05) is 115 Å². The molecule has 0 amide bonds. The first-order valence-corrected chi connectivity index (χ1v) is 17.4. The summed E-state index contributed by atoms with van der Waals surface area (Å²) in [6, 6.07) is 65.5. The molecule has 0 fully saturated rings. The van der Waals surface area contributed by atoms with Crippen LogP contribution in [0.3, 0.4) is 0 Å². The van der Waals surface area contributed by atoms with E-state index in [9.17, 15) is 0 Å². The predicted molar refractivity (Wildman–Crippen MR) is 213 cm³/mol. The van der Waals surface area contributed by atoms with Gasteiger partial charge in [0, 0.05) is 43.7 Å². The maximum Gasteiger partial charge on any atom is 0.136 e. The van der Waals surface area contributed by atoms with Crippen molar-refractivity contribution in [2.24, 2.45) is 0 Å². The van der Waals surface area contributed by atoms with Crippen LogP contribution < -0.4 is 0 Å². The van der Waals surface area contributed by atoms with Crippen LogP contribution >= 0.6 is 0 Å². The molecule has 3 heterocycles. The van der Waals surface area contributed by atoms with Gasteiger partial charge < -0.3 is 13.6 Å². The molecular formula is C48H30N2O. The van der Waals surface area contributed by atoms with Crippen LogP contribution in [-0.2, 0) is 0 Å². The lowest BCUT2D eigenvalue weighted by Gasteiger charge is -2.15. The molecule has 3 aromatic heterocycles. The topological polar surface area (TPSA) is 23.0 Å². The molecule has 51 heavy (non-hydrogen) atoms. The molecule has 0 aliphatic heterocycles. The number of para-hydroxylation sites is 4. The monoisotopic (exact) mass is 650 g/mol. The summed E-state index contributed by atoms with van der Waals surface area (Å²) in [4.78, 5) is 0. The van der Waals surface area contributed by atoms with Crippen molar-refractivity contribution >= 4 is 65.6 Å². The minimum Gasteiger partial charge on any atom is -0.456 e. The third-order valence-electron chi connectivity index (χ3n) is 10.5. The summed E-state index contributed by atoms with van der Waals surface area (Å²) < 4.78 is 11.1. The SMILES string of the molecule is c1ccc(-c2cc(-c3ccc(-n4c5ccccc5c5c6c(ccc54)oc4ccccc46)cc3)cc(-n3c4ccccc4c4ccccc43)c2)cc1. The molecule has 0 atom stereocenters. The Morgan fingerprint density at radius 3 is 1.51 bits per heavy atom. The van der Waals surface area contributed by atoms with Crippen LogP contribution in [-0.4, -0.2) is 9.13 Å². The van der Waals surface area contributed by atoms with Gasteiger partial charge in [-0.05, 0) is 89.0 Å². The van der Waals surface area contributed by atoms with E-state index in [1.807, 2.05) is 6.07 Å². The van der Waals surface area contributed by atoms with Gasteiger partial charge in [-0.15, -0.1) is 0 Å². The standard InChI is InChI=1S/C48H30N2O/c1-2-12-31(13-3-1)33-28-34(30-36(29-33)50-41-18-8-4-14-37(41)38-15-5-9-19-42(38)50)32-22-24-35(25-23-32)49-43-20-10-6-16-39(43)47-44(49)26-27-46-48(47)40-17-7-11-21-45(40)51-46/h1-30H. The fourth-order valence-electron chi connectivity index (χ4n) is 8.26. The molecule has 11 rings (SSSR count). The Kier molecular flexibility index (Phi) is 5.96. The molecule has 8 aromatic carbocycles. The van der Waals surface area contributed by atoms with E-state index in [0.29, 0.717) is 0 Å². The van der Waals surface area contributed by atoms with E-state index >= 15 is 0 Å². The van der Waals surface area contributed by atoms with Crippen molar-refractivity contribution in [2.45, 2.75) is 0 Å². The molecule has 0 aliphatic carbocycles. The van der Waals surface area contributed by atoms with Crippen molar-refractivity contribution in [1.29, 1.82) is 0 Å². The number of nitrogens with zero attached hydrogens (tertiary/aromatic N) is 2. The minimum atomic E-state index is 0.916. The second-order valence-corrected chi connectivity index (χ2v) is 13.3. The van der Waals surface area contributed by atoms with Gasteiger partial charge in [0.2, 0.25) is 0 Å². The van der Waals surface area contributed by atoms with Crippen molar-refractivity contribution in [3.8, 4) is 33.6 Å². The first kappa shape index (κ1) is 28.0. The number of hydrogen-bond acceptors (Lipinski definition) is 1.